The molecule has 1 aromatic heterocycles. The Balaban J connectivity index is 2.94. The fraction of sp³-hybridized carbons (Fsp3) is 0.154. The first-order valence-corrected chi connectivity index (χ1v) is 5.53. The molecule has 0 unspecified atom stereocenters. The van der Waals surface area contributed by atoms with Crippen LogP contribution in [0.1, 0.15) is 33.8 Å². The third kappa shape index (κ3) is 1.87. The number of hydrogen-bond donors (Lipinski definition) is 2. The van der Waals surface area contributed by atoms with Crippen molar-refractivity contribution in [1.82, 2.24) is 4.57 Å². The summed E-state index contributed by atoms with van der Waals surface area (Å²) < 4.78 is 1.16. The van der Waals surface area contributed by atoms with Gasteiger partial charge in [0.25, 0.3) is 0 Å². The Labute approximate surface area is 107 Å². The molecule has 0 radical (unpaired) electrons. The molecule has 2 aromatic rings. The van der Waals surface area contributed by atoms with Crippen LogP contribution in [0.25, 0.3) is 10.9 Å². The van der Waals surface area contributed by atoms with E-state index in [1.54, 1.807) is 24.3 Å². The van der Waals surface area contributed by atoms with Gasteiger partial charge in [-0.05, 0) is 13.0 Å². The van der Waals surface area contributed by atoms with Gasteiger partial charge in [-0.1, -0.05) is 18.2 Å². The number of fused-ring (bicyclic) bond motifs is 1. The Morgan fingerprint density at radius 3 is 2.42 bits per heavy atom. The Hall–Kier alpha value is -2.63. The molecule has 6 nitrogen and oxygen atoms in total. The molecule has 2 rings (SSSR count). The highest BCUT2D eigenvalue weighted by Gasteiger charge is 2.27. The molecule has 98 valence electrons. The van der Waals surface area contributed by atoms with Crippen LogP contribution < -0.4 is 0 Å². The lowest BCUT2D eigenvalue weighted by molar-refractivity contribution is -0.140. The van der Waals surface area contributed by atoms with E-state index in [1.165, 1.54) is 6.92 Å². The first-order valence-electron chi connectivity index (χ1n) is 5.53. The maximum absolute atomic E-state index is 11.3. The van der Waals surface area contributed by atoms with Gasteiger partial charge < -0.3 is 14.8 Å². The number of benzene rings is 1. The van der Waals surface area contributed by atoms with Gasteiger partial charge >= 0.3 is 11.9 Å². The smallest absolute Gasteiger partial charge is 0.353 e. The van der Waals surface area contributed by atoms with E-state index in [9.17, 15) is 19.5 Å². The Morgan fingerprint density at radius 2 is 1.89 bits per heavy atom. The monoisotopic (exact) mass is 261 g/mol. The summed E-state index contributed by atoms with van der Waals surface area (Å²) in [6, 6.07) is 5.43. The van der Waals surface area contributed by atoms with Crippen molar-refractivity contribution in [1.29, 1.82) is 0 Å². The lowest BCUT2D eigenvalue weighted by Gasteiger charge is -2.12. The Kier molecular flexibility index (Phi) is 3.08. The number of carboxylic acids is 2. The van der Waals surface area contributed by atoms with Crippen LogP contribution in [0.3, 0.4) is 0 Å². The van der Waals surface area contributed by atoms with Crippen molar-refractivity contribution in [2.45, 2.75) is 13.0 Å². The van der Waals surface area contributed by atoms with Crippen molar-refractivity contribution in [3.05, 3.63) is 35.5 Å². The molecule has 2 N–H and O–H groups in total. The third-order valence-corrected chi connectivity index (χ3v) is 3.01. The number of aliphatic carboxylic acids is 1. The summed E-state index contributed by atoms with van der Waals surface area (Å²) in [7, 11) is 0. The average molecular weight is 261 g/mol. The molecular weight excluding hydrogens is 250 g/mol. The van der Waals surface area contributed by atoms with Crippen molar-refractivity contribution < 1.29 is 24.6 Å². The van der Waals surface area contributed by atoms with Gasteiger partial charge in [0.05, 0.1) is 11.1 Å². The number of carbonyl (C=O) groups is 3. The van der Waals surface area contributed by atoms with Crippen molar-refractivity contribution in [2.75, 3.05) is 0 Å². The lowest BCUT2D eigenvalue weighted by atomic mass is 10.1. The van der Waals surface area contributed by atoms with Gasteiger partial charge in [0.1, 0.15) is 11.7 Å². The van der Waals surface area contributed by atoms with Crippen LogP contribution in [0.2, 0.25) is 0 Å². The second kappa shape index (κ2) is 4.56. The maximum Gasteiger partial charge on any atom is 0.353 e. The summed E-state index contributed by atoms with van der Waals surface area (Å²) in [5.41, 5.74) is 0.110. The standard InChI is InChI=1S/C13H11NO5/c1-7(12(16)17)14-10-5-3-2-4-8(10)9(6-15)11(14)13(18)19/h2-7H,1H3,(H,16,17)(H,18,19)/t7-/m1/s1. The number of aldehydes is 1. The Bertz CT molecular complexity index is 686. The number of aromatic nitrogens is 1. The van der Waals surface area contributed by atoms with Crippen molar-refractivity contribution in [2.24, 2.45) is 0 Å². The predicted octanol–water partition coefficient (Wildman–Crippen LogP) is 1.80. The largest absolute Gasteiger partial charge is 0.480 e. The normalized spacial score (nSPS) is 12.3. The Morgan fingerprint density at radius 1 is 1.26 bits per heavy atom. The van der Waals surface area contributed by atoms with E-state index in [1.807, 2.05) is 0 Å². The number of hydrogen-bond acceptors (Lipinski definition) is 3. The van der Waals surface area contributed by atoms with E-state index in [4.69, 9.17) is 5.11 Å². The first kappa shape index (κ1) is 12.8. The van der Waals surface area contributed by atoms with E-state index in [2.05, 4.69) is 0 Å². The summed E-state index contributed by atoms with van der Waals surface area (Å²) in [5, 5.41) is 18.8. The van der Waals surface area contributed by atoms with Crippen molar-refractivity contribution in [3.63, 3.8) is 0 Å². The molecule has 1 atom stereocenters. The fourth-order valence-electron chi connectivity index (χ4n) is 2.14. The van der Waals surface area contributed by atoms with Crippen LogP contribution in [0.4, 0.5) is 0 Å². The molecule has 0 bridgehead atoms. The maximum atomic E-state index is 11.3. The highest BCUT2D eigenvalue weighted by atomic mass is 16.4. The number of para-hydroxylation sites is 1. The number of carbonyl (C=O) groups excluding carboxylic acids is 1. The average Bonchev–Trinajstić information content (AvgIpc) is 2.71. The van der Waals surface area contributed by atoms with Gasteiger partial charge in [-0.25, -0.2) is 9.59 Å². The fourth-order valence-corrected chi connectivity index (χ4v) is 2.14. The van der Waals surface area contributed by atoms with Crippen LogP contribution in [-0.4, -0.2) is 33.0 Å². The zero-order valence-electron chi connectivity index (χ0n) is 10.0. The van der Waals surface area contributed by atoms with Crippen LogP contribution in [0, 0.1) is 0 Å². The molecule has 19 heavy (non-hydrogen) atoms. The van der Waals surface area contributed by atoms with Crippen LogP contribution in [-0.2, 0) is 4.79 Å². The molecule has 0 fully saturated rings. The molecule has 0 aliphatic carbocycles. The van der Waals surface area contributed by atoms with Crippen LogP contribution >= 0.6 is 0 Å². The number of carboxylic acid groups (broad SMARTS) is 2. The minimum Gasteiger partial charge on any atom is -0.480 e. The van der Waals surface area contributed by atoms with E-state index in [0.29, 0.717) is 17.2 Å². The molecule has 0 aliphatic rings. The van der Waals surface area contributed by atoms with Crippen molar-refractivity contribution >= 4 is 29.1 Å². The summed E-state index contributed by atoms with van der Waals surface area (Å²) in [6.07, 6.45) is 0.441. The molecule has 0 saturated heterocycles. The topological polar surface area (TPSA) is 96.6 Å². The molecule has 1 aromatic carbocycles. The van der Waals surface area contributed by atoms with Crippen LogP contribution in [0.5, 0.6) is 0 Å². The quantitative estimate of drug-likeness (QED) is 0.818. The second-order valence-corrected chi connectivity index (χ2v) is 4.09. The minimum absolute atomic E-state index is 0.00352. The highest BCUT2D eigenvalue weighted by Crippen LogP contribution is 2.28. The molecule has 1 heterocycles. The minimum atomic E-state index is -1.33. The van der Waals surface area contributed by atoms with Crippen molar-refractivity contribution in [3.8, 4) is 0 Å². The van der Waals surface area contributed by atoms with Gasteiger partial charge in [0.2, 0.25) is 0 Å². The predicted molar refractivity (Wildman–Crippen MR) is 66.6 cm³/mol. The lowest BCUT2D eigenvalue weighted by Crippen LogP contribution is -2.20. The molecular formula is C13H11NO5. The third-order valence-electron chi connectivity index (χ3n) is 3.01. The molecule has 0 amide bonds. The zero-order chi connectivity index (χ0) is 14.2. The molecule has 0 aliphatic heterocycles. The van der Waals surface area contributed by atoms with Gasteiger partial charge in [0.15, 0.2) is 6.29 Å². The second-order valence-electron chi connectivity index (χ2n) is 4.09. The first-order chi connectivity index (χ1) is 8.99. The van der Waals surface area contributed by atoms with Gasteiger partial charge in [-0.15, -0.1) is 0 Å². The highest BCUT2D eigenvalue weighted by molar-refractivity contribution is 6.08. The van der Waals surface area contributed by atoms with Gasteiger partial charge in [-0.3, -0.25) is 4.79 Å². The summed E-state index contributed by atoms with van der Waals surface area (Å²) in [5.74, 6) is -2.49. The van der Waals surface area contributed by atoms with E-state index >= 15 is 0 Å². The van der Waals surface area contributed by atoms with Gasteiger partial charge in [0, 0.05) is 5.39 Å². The van der Waals surface area contributed by atoms with Crippen LogP contribution in [0.15, 0.2) is 24.3 Å². The molecule has 6 heteroatoms. The number of rotatable bonds is 4. The molecule has 0 saturated carbocycles. The summed E-state index contributed by atoms with van der Waals surface area (Å²) in [4.78, 5) is 33.6. The van der Waals surface area contributed by atoms with E-state index in [-0.39, 0.29) is 11.3 Å². The van der Waals surface area contributed by atoms with Gasteiger partial charge in [-0.2, -0.15) is 0 Å². The summed E-state index contributed by atoms with van der Waals surface area (Å²) >= 11 is 0. The summed E-state index contributed by atoms with van der Waals surface area (Å²) in [6.45, 7) is 1.37. The van der Waals surface area contributed by atoms with E-state index < -0.39 is 18.0 Å². The molecule has 0 spiro atoms. The number of aromatic carboxylic acids is 1. The SMILES string of the molecule is C[C@H](C(=O)O)n1c(C(=O)O)c(C=O)c2ccccc21. The zero-order valence-corrected chi connectivity index (χ0v) is 10.0. The number of nitrogens with zero attached hydrogens (tertiary/aromatic N) is 1. The van der Waals surface area contributed by atoms with E-state index in [0.717, 1.165) is 4.57 Å².